The number of benzene rings is 2. The fourth-order valence-electron chi connectivity index (χ4n) is 4.22. The normalized spacial score (nSPS) is 16.7. The van der Waals surface area contributed by atoms with Crippen LogP contribution < -0.4 is 0 Å². The molecule has 3 heterocycles. The number of hydrogen-bond donors (Lipinski definition) is 1. The van der Waals surface area contributed by atoms with Crippen molar-refractivity contribution in [1.82, 2.24) is 9.58 Å². The Kier molecular flexibility index (Phi) is 5.57. The van der Waals surface area contributed by atoms with Gasteiger partial charge in [-0.3, -0.25) is 10.2 Å². The van der Waals surface area contributed by atoms with Crippen LogP contribution in [0.3, 0.4) is 0 Å². The van der Waals surface area contributed by atoms with Crippen LogP contribution in [0.1, 0.15) is 33.6 Å². The molecular formula is C27H25N5OS. The lowest BCUT2D eigenvalue weighted by atomic mass is 10.1. The average Bonchev–Trinajstić information content (AvgIpc) is 3.33. The maximum Gasteiger partial charge on any atom is 0.283 e. The molecule has 1 amide bonds. The van der Waals surface area contributed by atoms with Crippen molar-refractivity contribution in [3.05, 3.63) is 93.8 Å². The quantitative estimate of drug-likeness (QED) is 0.510. The number of rotatable bonds is 4. The Hall–Kier alpha value is -3.71. The second-order valence-electron chi connectivity index (χ2n) is 8.61. The molecule has 0 spiro atoms. The van der Waals surface area contributed by atoms with Crippen molar-refractivity contribution < 1.29 is 4.79 Å². The summed E-state index contributed by atoms with van der Waals surface area (Å²) < 4.78 is 2.17. The lowest BCUT2D eigenvalue weighted by Gasteiger charge is -2.20. The standard InChI is InChI=1S/C27H25N5OS/c1-16-10-11-22(12-17(16)2)31-18(3)13-21(19(31)4)15-23-25(28)32-27(29-26(23)33)34-24(30-32)14-20-8-6-5-7-9-20/h5-13,15,28H,14H2,1-4H3/b23-15+,28-25?. The number of carbonyl (C=O) groups excluding carboxylic acids is 1. The highest BCUT2D eigenvalue weighted by molar-refractivity contribution is 8.26. The number of thioether (sulfide) groups is 1. The molecular weight excluding hydrogens is 442 g/mol. The number of hydrogen-bond acceptors (Lipinski definition) is 4. The smallest absolute Gasteiger partial charge is 0.283 e. The third kappa shape index (κ3) is 3.92. The first-order chi connectivity index (χ1) is 16.3. The zero-order valence-electron chi connectivity index (χ0n) is 19.6. The monoisotopic (exact) mass is 467 g/mol. The van der Waals surface area contributed by atoms with Gasteiger partial charge < -0.3 is 4.57 Å². The second-order valence-corrected chi connectivity index (χ2v) is 9.65. The number of carbonyl (C=O) groups is 1. The van der Waals surface area contributed by atoms with Crippen molar-refractivity contribution in [3.8, 4) is 5.69 Å². The van der Waals surface area contributed by atoms with E-state index in [-0.39, 0.29) is 11.4 Å². The van der Waals surface area contributed by atoms with E-state index in [4.69, 9.17) is 5.41 Å². The highest BCUT2D eigenvalue weighted by atomic mass is 32.2. The predicted molar refractivity (Wildman–Crippen MR) is 140 cm³/mol. The molecule has 3 aromatic rings. The van der Waals surface area contributed by atoms with Crippen LogP contribution in [0, 0.1) is 33.1 Å². The zero-order valence-corrected chi connectivity index (χ0v) is 20.4. The summed E-state index contributed by atoms with van der Waals surface area (Å²) in [5.74, 6) is -0.350. The maximum absolute atomic E-state index is 12.9. The van der Waals surface area contributed by atoms with E-state index in [2.05, 4.69) is 46.7 Å². The van der Waals surface area contributed by atoms with E-state index in [9.17, 15) is 4.79 Å². The number of amidine groups is 2. The van der Waals surface area contributed by atoms with Gasteiger partial charge in [0.25, 0.3) is 5.91 Å². The second kappa shape index (κ2) is 8.57. The molecule has 0 atom stereocenters. The van der Waals surface area contributed by atoms with Gasteiger partial charge in [0.2, 0.25) is 5.17 Å². The van der Waals surface area contributed by atoms with Crippen LogP contribution >= 0.6 is 11.8 Å². The van der Waals surface area contributed by atoms with Gasteiger partial charge in [0.1, 0.15) is 5.04 Å². The number of nitrogens with one attached hydrogen (secondary N) is 1. The molecule has 0 radical (unpaired) electrons. The molecule has 170 valence electrons. The Morgan fingerprint density at radius 2 is 1.76 bits per heavy atom. The molecule has 2 aromatic carbocycles. The predicted octanol–water partition coefficient (Wildman–Crippen LogP) is 5.57. The molecule has 0 saturated heterocycles. The summed E-state index contributed by atoms with van der Waals surface area (Å²) in [7, 11) is 0. The third-order valence-electron chi connectivity index (χ3n) is 6.21. The van der Waals surface area contributed by atoms with E-state index in [1.165, 1.54) is 27.9 Å². The largest absolute Gasteiger partial charge is 0.318 e. The molecule has 1 N–H and O–H groups in total. The van der Waals surface area contributed by atoms with Gasteiger partial charge in [0.15, 0.2) is 5.84 Å². The fraction of sp³-hybridized carbons (Fsp3) is 0.185. The van der Waals surface area contributed by atoms with E-state index in [1.807, 2.05) is 50.2 Å². The first-order valence-electron chi connectivity index (χ1n) is 11.1. The van der Waals surface area contributed by atoms with Crippen LogP contribution in [0.25, 0.3) is 11.8 Å². The summed E-state index contributed by atoms with van der Waals surface area (Å²) in [4.78, 5) is 17.1. The molecule has 2 aliphatic rings. The molecule has 0 aliphatic carbocycles. The van der Waals surface area contributed by atoms with Crippen molar-refractivity contribution in [2.45, 2.75) is 34.1 Å². The summed E-state index contributed by atoms with van der Waals surface area (Å²) in [6.45, 7) is 8.28. The number of fused-ring (bicyclic) bond motifs is 1. The Bertz CT molecular complexity index is 1430. The SMILES string of the molecule is Cc1ccc(-n2c(C)cc(/C=C3\C(=N)N4N=C(Cc5ccccc5)SC4=NC3=O)c2C)cc1C. The van der Waals surface area contributed by atoms with Gasteiger partial charge >= 0.3 is 0 Å². The molecule has 0 fully saturated rings. The number of nitrogens with zero attached hydrogens (tertiary/aromatic N) is 4. The number of aliphatic imine (C=N–C) groups is 1. The van der Waals surface area contributed by atoms with Crippen molar-refractivity contribution in [2.24, 2.45) is 10.1 Å². The van der Waals surface area contributed by atoms with Gasteiger partial charge in [-0.2, -0.15) is 15.1 Å². The van der Waals surface area contributed by atoms with Gasteiger partial charge in [0, 0.05) is 23.5 Å². The highest BCUT2D eigenvalue weighted by Crippen LogP contribution is 2.31. The molecule has 6 nitrogen and oxygen atoms in total. The van der Waals surface area contributed by atoms with Crippen LogP contribution in [-0.4, -0.2) is 31.5 Å². The Morgan fingerprint density at radius 1 is 1.00 bits per heavy atom. The minimum atomic E-state index is -0.407. The van der Waals surface area contributed by atoms with Crippen LogP contribution in [0.15, 0.2) is 70.3 Å². The first kappa shape index (κ1) is 22.1. The van der Waals surface area contributed by atoms with E-state index in [0.717, 1.165) is 33.2 Å². The van der Waals surface area contributed by atoms with E-state index in [0.29, 0.717) is 11.6 Å². The first-order valence-corrected chi connectivity index (χ1v) is 11.9. The van der Waals surface area contributed by atoms with E-state index < -0.39 is 5.91 Å². The lowest BCUT2D eigenvalue weighted by Crippen LogP contribution is -2.35. The Labute approximate surface area is 203 Å². The molecule has 7 heteroatoms. The number of amides is 1. The zero-order chi connectivity index (χ0) is 24.0. The van der Waals surface area contributed by atoms with Crippen molar-refractivity contribution in [3.63, 3.8) is 0 Å². The van der Waals surface area contributed by atoms with Gasteiger partial charge in [0.05, 0.1) is 5.57 Å². The minimum Gasteiger partial charge on any atom is -0.318 e. The van der Waals surface area contributed by atoms with Crippen molar-refractivity contribution in [2.75, 3.05) is 0 Å². The number of hydrazone groups is 1. The Balaban J connectivity index is 1.47. The van der Waals surface area contributed by atoms with Crippen LogP contribution in [0.2, 0.25) is 0 Å². The third-order valence-corrected chi connectivity index (χ3v) is 7.12. The average molecular weight is 468 g/mol. The summed E-state index contributed by atoms with van der Waals surface area (Å²) in [5, 5.41) is 16.0. The summed E-state index contributed by atoms with van der Waals surface area (Å²) in [6.07, 6.45) is 2.40. The lowest BCUT2D eigenvalue weighted by molar-refractivity contribution is -0.114. The molecule has 1 aromatic heterocycles. The van der Waals surface area contributed by atoms with E-state index in [1.54, 1.807) is 6.08 Å². The van der Waals surface area contributed by atoms with Crippen molar-refractivity contribution in [1.29, 1.82) is 5.41 Å². The molecule has 2 aliphatic heterocycles. The minimum absolute atomic E-state index is 0.0570. The van der Waals surface area contributed by atoms with E-state index >= 15 is 0 Å². The fourth-order valence-corrected chi connectivity index (χ4v) is 5.14. The summed E-state index contributed by atoms with van der Waals surface area (Å²) in [5.41, 5.74) is 7.89. The Morgan fingerprint density at radius 3 is 2.50 bits per heavy atom. The van der Waals surface area contributed by atoms with Crippen LogP contribution in [0.5, 0.6) is 0 Å². The van der Waals surface area contributed by atoms with Gasteiger partial charge in [-0.1, -0.05) is 36.4 Å². The van der Waals surface area contributed by atoms with Crippen molar-refractivity contribution >= 4 is 39.8 Å². The van der Waals surface area contributed by atoms with Gasteiger partial charge in [-0.25, -0.2) is 0 Å². The van der Waals surface area contributed by atoms with Gasteiger partial charge in [-0.15, -0.1) is 0 Å². The topological polar surface area (TPSA) is 73.8 Å². The van der Waals surface area contributed by atoms with Crippen LogP contribution in [-0.2, 0) is 11.2 Å². The molecule has 5 rings (SSSR count). The molecule has 34 heavy (non-hydrogen) atoms. The molecule has 0 bridgehead atoms. The van der Waals surface area contributed by atoms with Crippen LogP contribution in [0.4, 0.5) is 0 Å². The molecule has 0 unspecified atom stereocenters. The maximum atomic E-state index is 12.9. The van der Waals surface area contributed by atoms with Gasteiger partial charge in [-0.05, 0) is 86.0 Å². The molecule has 0 saturated carbocycles. The number of aromatic nitrogens is 1. The highest BCUT2D eigenvalue weighted by Gasteiger charge is 2.35. The number of aryl methyl sites for hydroxylation is 3. The summed E-state index contributed by atoms with van der Waals surface area (Å²) >= 11 is 1.35. The summed E-state index contributed by atoms with van der Waals surface area (Å²) in [6, 6.07) is 18.5.